The summed E-state index contributed by atoms with van der Waals surface area (Å²) in [6.45, 7) is 6.69. The van der Waals surface area contributed by atoms with E-state index in [4.69, 9.17) is 0 Å². The van der Waals surface area contributed by atoms with Crippen molar-refractivity contribution in [3.8, 4) is 0 Å². The maximum Gasteiger partial charge on any atom is 0.251 e. The van der Waals surface area contributed by atoms with Crippen molar-refractivity contribution in [2.45, 2.75) is 50.5 Å². The van der Waals surface area contributed by atoms with Gasteiger partial charge in [-0.05, 0) is 50.9 Å². The molecule has 0 aliphatic carbocycles. The van der Waals surface area contributed by atoms with Crippen molar-refractivity contribution in [2.75, 3.05) is 26.2 Å². The molecule has 0 saturated carbocycles. The summed E-state index contributed by atoms with van der Waals surface area (Å²) in [6.07, 6.45) is 3.86. The van der Waals surface area contributed by atoms with Gasteiger partial charge in [0.2, 0.25) is 10.0 Å². The summed E-state index contributed by atoms with van der Waals surface area (Å²) in [5, 5.41) is 6.02. The maximum absolute atomic E-state index is 12.9. The molecule has 1 fully saturated rings. The van der Waals surface area contributed by atoms with Crippen molar-refractivity contribution < 1.29 is 13.2 Å². The summed E-state index contributed by atoms with van der Waals surface area (Å²) in [5.74, 6) is -0.248. The first kappa shape index (κ1) is 22.9. The molecule has 2 rings (SSSR count). The molecule has 1 amide bonds. The van der Waals surface area contributed by atoms with Crippen LogP contribution in [0.3, 0.4) is 0 Å². The highest BCUT2D eigenvalue weighted by atomic mass is 35.5. The standard InChI is InChI=1S/C18H29N3O3S.ClH/c1-3-10-19-11-12-20-18(22)16-8-6-9-17(14-16)25(23,24)21-13-5-4-7-15(21)2;/h6,8-9,14-15,19H,3-5,7,10-13H2,1-2H3,(H,20,22);1H. The highest BCUT2D eigenvalue weighted by molar-refractivity contribution is 7.89. The quantitative estimate of drug-likeness (QED) is 0.653. The number of nitrogens with one attached hydrogen (secondary N) is 2. The highest BCUT2D eigenvalue weighted by Crippen LogP contribution is 2.25. The topological polar surface area (TPSA) is 78.5 Å². The predicted octanol–water partition coefficient (Wildman–Crippen LogP) is 2.40. The van der Waals surface area contributed by atoms with Crippen molar-refractivity contribution >= 4 is 28.3 Å². The van der Waals surface area contributed by atoms with Crippen molar-refractivity contribution in [2.24, 2.45) is 0 Å². The summed E-state index contributed by atoms with van der Waals surface area (Å²) in [5.41, 5.74) is 0.376. The average Bonchev–Trinajstić information content (AvgIpc) is 2.61. The molecule has 1 aliphatic rings. The Kier molecular flexibility index (Phi) is 9.57. The summed E-state index contributed by atoms with van der Waals surface area (Å²) < 4.78 is 27.3. The molecule has 6 nitrogen and oxygen atoms in total. The molecular formula is C18H30ClN3O3S. The number of hydrogen-bond donors (Lipinski definition) is 2. The lowest BCUT2D eigenvalue weighted by Crippen LogP contribution is -2.42. The van der Waals surface area contributed by atoms with Crippen LogP contribution in [0.25, 0.3) is 0 Å². The van der Waals surface area contributed by atoms with Gasteiger partial charge in [-0.1, -0.05) is 19.4 Å². The van der Waals surface area contributed by atoms with E-state index in [1.165, 1.54) is 6.07 Å². The minimum Gasteiger partial charge on any atom is -0.351 e. The van der Waals surface area contributed by atoms with Crippen LogP contribution >= 0.6 is 12.4 Å². The molecule has 0 aromatic heterocycles. The summed E-state index contributed by atoms with van der Waals surface area (Å²) in [7, 11) is -3.56. The molecule has 1 heterocycles. The normalized spacial score (nSPS) is 18.2. The Balaban J connectivity index is 0.00000338. The average molecular weight is 404 g/mol. The third-order valence-corrected chi connectivity index (χ3v) is 6.47. The first-order valence-corrected chi connectivity index (χ1v) is 10.5. The van der Waals surface area contributed by atoms with E-state index in [0.29, 0.717) is 25.2 Å². The minimum absolute atomic E-state index is 0. The zero-order chi connectivity index (χ0) is 18.3. The molecule has 2 N–H and O–H groups in total. The van der Waals surface area contributed by atoms with E-state index in [2.05, 4.69) is 17.6 Å². The van der Waals surface area contributed by atoms with E-state index in [-0.39, 0.29) is 29.3 Å². The van der Waals surface area contributed by atoms with Gasteiger partial charge in [-0.15, -0.1) is 12.4 Å². The van der Waals surface area contributed by atoms with Gasteiger partial charge in [0.15, 0.2) is 0 Å². The van der Waals surface area contributed by atoms with E-state index in [1.807, 2.05) is 6.92 Å². The molecule has 0 radical (unpaired) electrons. The van der Waals surface area contributed by atoms with Crippen LogP contribution in [0.15, 0.2) is 29.2 Å². The van der Waals surface area contributed by atoms with Gasteiger partial charge >= 0.3 is 0 Å². The lowest BCUT2D eigenvalue weighted by Gasteiger charge is -2.32. The third-order valence-electron chi connectivity index (χ3n) is 4.46. The van der Waals surface area contributed by atoms with Gasteiger partial charge in [0.1, 0.15) is 0 Å². The van der Waals surface area contributed by atoms with Gasteiger partial charge in [-0.3, -0.25) is 4.79 Å². The van der Waals surface area contributed by atoms with E-state index in [1.54, 1.807) is 22.5 Å². The predicted molar refractivity (Wildman–Crippen MR) is 106 cm³/mol. The van der Waals surface area contributed by atoms with Crippen LogP contribution in [0.1, 0.15) is 49.9 Å². The molecule has 1 aromatic rings. The van der Waals surface area contributed by atoms with Crippen LogP contribution in [-0.4, -0.2) is 50.9 Å². The Morgan fingerprint density at radius 3 is 2.69 bits per heavy atom. The van der Waals surface area contributed by atoms with Crippen LogP contribution < -0.4 is 10.6 Å². The molecule has 0 spiro atoms. The molecule has 1 aliphatic heterocycles. The van der Waals surface area contributed by atoms with Gasteiger partial charge in [-0.25, -0.2) is 8.42 Å². The molecule has 26 heavy (non-hydrogen) atoms. The summed E-state index contributed by atoms with van der Waals surface area (Å²) in [4.78, 5) is 12.4. The number of amides is 1. The van der Waals surface area contributed by atoms with Gasteiger partial charge in [0.05, 0.1) is 4.90 Å². The Morgan fingerprint density at radius 2 is 2.00 bits per heavy atom. The van der Waals surface area contributed by atoms with Gasteiger partial charge in [-0.2, -0.15) is 4.31 Å². The molecule has 1 unspecified atom stereocenters. The van der Waals surface area contributed by atoms with Crippen LogP contribution in [0.5, 0.6) is 0 Å². The van der Waals surface area contributed by atoms with Gasteiger partial charge in [0.25, 0.3) is 5.91 Å². The fraction of sp³-hybridized carbons (Fsp3) is 0.611. The van der Waals surface area contributed by atoms with Crippen molar-refractivity contribution in [1.29, 1.82) is 0 Å². The number of carbonyl (C=O) groups is 1. The number of rotatable bonds is 8. The van der Waals surface area contributed by atoms with E-state index in [0.717, 1.165) is 32.2 Å². The zero-order valence-electron chi connectivity index (χ0n) is 15.5. The molecule has 8 heteroatoms. The second kappa shape index (κ2) is 10.9. The van der Waals surface area contributed by atoms with Crippen molar-refractivity contribution in [1.82, 2.24) is 14.9 Å². The fourth-order valence-electron chi connectivity index (χ4n) is 3.03. The molecule has 148 valence electrons. The second-order valence-corrected chi connectivity index (χ2v) is 8.38. The number of benzene rings is 1. The van der Waals surface area contributed by atoms with E-state index < -0.39 is 10.0 Å². The van der Waals surface area contributed by atoms with E-state index >= 15 is 0 Å². The van der Waals surface area contributed by atoms with Crippen LogP contribution in [0.4, 0.5) is 0 Å². The Hall–Kier alpha value is -1.15. The van der Waals surface area contributed by atoms with E-state index in [9.17, 15) is 13.2 Å². The monoisotopic (exact) mass is 403 g/mol. The number of carbonyl (C=O) groups excluding carboxylic acids is 1. The fourth-order valence-corrected chi connectivity index (χ4v) is 4.78. The Morgan fingerprint density at radius 1 is 1.23 bits per heavy atom. The first-order valence-electron chi connectivity index (χ1n) is 9.07. The van der Waals surface area contributed by atoms with Crippen molar-refractivity contribution in [3.05, 3.63) is 29.8 Å². The third kappa shape index (κ3) is 5.94. The summed E-state index contributed by atoms with van der Waals surface area (Å²) >= 11 is 0. The number of piperidine rings is 1. The van der Waals surface area contributed by atoms with Gasteiger partial charge in [0, 0.05) is 31.2 Å². The van der Waals surface area contributed by atoms with Crippen LogP contribution in [0.2, 0.25) is 0 Å². The van der Waals surface area contributed by atoms with Gasteiger partial charge < -0.3 is 10.6 Å². The maximum atomic E-state index is 12.9. The molecule has 1 aromatic carbocycles. The second-order valence-electron chi connectivity index (χ2n) is 6.49. The lowest BCUT2D eigenvalue weighted by atomic mass is 10.1. The largest absolute Gasteiger partial charge is 0.351 e. The number of hydrogen-bond acceptors (Lipinski definition) is 4. The number of nitrogens with zero attached hydrogens (tertiary/aromatic N) is 1. The zero-order valence-corrected chi connectivity index (χ0v) is 17.2. The smallest absolute Gasteiger partial charge is 0.251 e. The lowest BCUT2D eigenvalue weighted by molar-refractivity contribution is 0.0953. The van der Waals surface area contributed by atoms with Crippen LogP contribution in [0, 0.1) is 0 Å². The highest BCUT2D eigenvalue weighted by Gasteiger charge is 2.31. The Bertz CT molecular complexity index is 682. The van der Waals surface area contributed by atoms with Crippen LogP contribution in [-0.2, 0) is 10.0 Å². The molecule has 0 bridgehead atoms. The minimum atomic E-state index is -3.56. The SMILES string of the molecule is CCCNCCNC(=O)c1cccc(S(=O)(=O)N2CCCCC2C)c1.Cl. The number of halogens is 1. The first-order chi connectivity index (χ1) is 12.0. The molecular weight excluding hydrogens is 374 g/mol. The molecule has 1 saturated heterocycles. The number of sulfonamides is 1. The summed E-state index contributed by atoms with van der Waals surface area (Å²) in [6, 6.07) is 6.32. The Labute approximate surface area is 163 Å². The van der Waals surface area contributed by atoms with Crippen molar-refractivity contribution in [3.63, 3.8) is 0 Å². The molecule has 1 atom stereocenters.